The Hall–Kier alpha value is -3.13. The van der Waals surface area contributed by atoms with E-state index in [-0.39, 0.29) is 5.41 Å². The highest BCUT2D eigenvalue weighted by Crippen LogP contribution is 2.51. The maximum absolute atomic E-state index is 9.59. The molecule has 2 saturated carbocycles. The summed E-state index contributed by atoms with van der Waals surface area (Å²) in [6.07, 6.45) is 14.2. The van der Waals surface area contributed by atoms with Crippen LogP contribution in [0, 0.1) is 17.8 Å². The maximum Gasteiger partial charge on any atom is 0.144 e. The molecule has 0 bridgehead atoms. The number of aromatic nitrogens is 1. The number of fused-ring (bicyclic) bond motifs is 5. The Morgan fingerprint density at radius 1 is 0.900 bits per heavy atom. The fourth-order valence-corrected chi connectivity index (χ4v) is 7.82. The Labute approximate surface area is 240 Å². The summed E-state index contributed by atoms with van der Waals surface area (Å²) in [5, 5.41) is 4.64. The Morgan fingerprint density at radius 2 is 1.70 bits per heavy atom. The van der Waals surface area contributed by atoms with Crippen molar-refractivity contribution in [3.8, 4) is 11.3 Å². The van der Waals surface area contributed by atoms with Gasteiger partial charge >= 0.3 is 0 Å². The summed E-state index contributed by atoms with van der Waals surface area (Å²) in [6.45, 7) is 9.02. The molecule has 5 aromatic rings. The van der Waals surface area contributed by atoms with E-state index in [0.717, 1.165) is 58.0 Å². The number of aryl methyl sites for hydroxylation is 1. The van der Waals surface area contributed by atoms with E-state index in [1.54, 1.807) is 0 Å². The van der Waals surface area contributed by atoms with Crippen molar-refractivity contribution in [2.75, 3.05) is 0 Å². The highest BCUT2D eigenvalue weighted by molar-refractivity contribution is 6.18. The molecule has 0 atom stereocenters. The van der Waals surface area contributed by atoms with Crippen LogP contribution in [0.15, 0.2) is 65.2 Å². The zero-order valence-electron chi connectivity index (χ0n) is 25.7. The van der Waals surface area contributed by atoms with Crippen LogP contribution in [0.4, 0.5) is 0 Å². The molecule has 2 aliphatic rings. The van der Waals surface area contributed by atoms with Crippen molar-refractivity contribution in [2.45, 2.75) is 97.8 Å². The van der Waals surface area contributed by atoms with E-state index < -0.39 is 5.89 Å². The number of nitrogens with zero attached hydrogens (tertiary/aromatic N) is 1. The molecular weight excluding hydrogens is 486 g/mol. The van der Waals surface area contributed by atoms with Crippen molar-refractivity contribution in [3.63, 3.8) is 0 Å². The van der Waals surface area contributed by atoms with Gasteiger partial charge in [-0.2, -0.15) is 0 Å². The Morgan fingerprint density at radius 3 is 2.48 bits per heavy atom. The molecule has 0 N–H and O–H groups in total. The molecule has 2 fully saturated rings. The van der Waals surface area contributed by atoms with Crippen LogP contribution in [0.25, 0.3) is 44.0 Å². The van der Waals surface area contributed by atoms with E-state index in [2.05, 4.69) is 82.3 Å². The summed E-state index contributed by atoms with van der Waals surface area (Å²) in [6, 6.07) is 19.8. The summed E-state index contributed by atoms with van der Waals surface area (Å²) in [4.78, 5) is 4.78. The SMILES string of the molecule is [2H]C1(c2ccc3cc(C)c4c5cccc(-c6cc(CC(C)(C)C)ccn6)c5oc4c3c2)CCC2(CCCCC2)CC1. The van der Waals surface area contributed by atoms with Gasteiger partial charge in [0, 0.05) is 29.3 Å². The molecular formula is C38H43NO. The molecule has 2 nitrogen and oxygen atoms in total. The molecule has 0 unspecified atom stereocenters. The van der Waals surface area contributed by atoms with Crippen molar-refractivity contribution in [2.24, 2.45) is 10.8 Å². The van der Waals surface area contributed by atoms with E-state index >= 15 is 0 Å². The van der Waals surface area contributed by atoms with E-state index in [4.69, 9.17) is 9.40 Å². The van der Waals surface area contributed by atoms with E-state index in [1.165, 1.54) is 66.8 Å². The van der Waals surface area contributed by atoms with Crippen molar-refractivity contribution in [1.29, 1.82) is 0 Å². The molecule has 2 aromatic heterocycles. The lowest BCUT2D eigenvalue weighted by atomic mass is 9.62. The number of rotatable bonds is 3. The van der Waals surface area contributed by atoms with E-state index in [1.807, 2.05) is 6.20 Å². The van der Waals surface area contributed by atoms with Crippen molar-refractivity contribution in [1.82, 2.24) is 4.98 Å². The quantitative estimate of drug-likeness (QED) is 0.232. The monoisotopic (exact) mass is 530 g/mol. The standard InChI is InChI=1S/C38H43NO/c1-25-21-29-12-11-28(27-13-18-38(19-14-27)16-6-5-7-17-38)23-32(29)36-34(25)31-10-8-9-30(35(31)40-36)33-22-26(15-20-39-33)24-37(2,3)4/h8-12,15,20-23,27H,5-7,13-14,16-19,24H2,1-4H3/i27D. The van der Waals surface area contributed by atoms with Crippen LogP contribution in [0.3, 0.4) is 0 Å². The second kappa shape index (κ2) is 9.75. The lowest BCUT2D eigenvalue weighted by molar-refractivity contribution is 0.114. The molecule has 0 radical (unpaired) electrons. The first kappa shape index (κ1) is 24.6. The molecule has 2 heteroatoms. The zero-order valence-corrected chi connectivity index (χ0v) is 24.7. The van der Waals surface area contributed by atoms with Crippen molar-refractivity contribution < 1.29 is 5.79 Å². The number of para-hydroxylation sites is 1. The molecule has 40 heavy (non-hydrogen) atoms. The summed E-state index contributed by atoms with van der Waals surface area (Å²) in [5.41, 5.74) is 8.24. The fourth-order valence-electron chi connectivity index (χ4n) is 7.82. The van der Waals surface area contributed by atoms with Crippen molar-refractivity contribution >= 4 is 32.7 Å². The van der Waals surface area contributed by atoms with Gasteiger partial charge in [0.1, 0.15) is 11.2 Å². The summed E-state index contributed by atoms with van der Waals surface area (Å²) in [5.74, 6) is -0.511. The highest BCUT2D eigenvalue weighted by atomic mass is 16.3. The number of hydrogen-bond donors (Lipinski definition) is 0. The normalized spacial score (nSPS) is 19.4. The van der Waals surface area contributed by atoms with Crippen LogP contribution in [0.1, 0.15) is 103 Å². The topological polar surface area (TPSA) is 26.0 Å². The Bertz CT molecular complexity index is 1750. The third kappa shape index (κ3) is 4.64. The lowest BCUT2D eigenvalue weighted by Gasteiger charge is -2.43. The predicted molar refractivity (Wildman–Crippen MR) is 169 cm³/mol. The van der Waals surface area contributed by atoms with E-state index in [0.29, 0.717) is 5.41 Å². The average Bonchev–Trinajstić information content (AvgIpc) is 3.35. The molecule has 7 rings (SSSR count). The van der Waals surface area contributed by atoms with Crippen LogP contribution in [-0.2, 0) is 6.42 Å². The van der Waals surface area contributed by atoms with Gasteiger partial charge in [-0.25, -0.2) is 0 Å². The predicted octanol–water partition coefficient (Wildman–Crippen LogP) is 11.3. The zero-order chi connectivity index (χ0) is 28.4. The van der Waals surface area contributed by atoms with Crippen LogP contribution in [0.2, 0.25) is 0 Å². The minimum absolute atomic E-state index is 0.211. The van der Waals surface area contributed by atoms with Gasteiger partial charge in [-0.05, 0) is 115 Å². The van der Waals surface area contributed by atoms with Gasteiger partial charge in [0.2, 0.25) is 0 Å². The number of furan rings is 1. The molecule has 0 amide bonds. The summed E-state index contributed by atoms with van der Waals surface area (Å²) in [7, 11) is 0. The Kier molecular flexibility index (Phi) is 6.01. The van der Waals surface area contributed by atoms with Gasteiger partial charge < -0.3 is 4.42 Å². The fraction of sp³-hybridized carbons (Fsp3) is 0.447. The van der Waals surface area contributed by atoms with Crippen LogP contribution in [0.5, 0.6) is 0 Å². The van der Waals surface area contributed by atoms with Gasteiger partial charge in [-0.3, -0.25) is 4.98 Å². The molecule has 0 saturated heterocycles. The Balaban J connectivity index is 1.33. The highest BCUT2D eigenvalue weighted by Gasteiger charge is 2.36. The van der Waals surface area contributed by atoms with Crippen molar-refractivity contribution in [3.05, 3.63) is 77.5 Å². The number of benzene rings is 3. The van der Waals surface area contributed by atoms with Crippen LogP contribution >= 0.6 is 0 Å². The first-order chi connectivity index (χ1) is 19.6. The van der Waals surface area contributed by atoms with Gasteiger partial charge in [-0.1, -0.05) is 70.4 Å². The third-order valence-electron chi connectivity index (χ3n) is 9.85. The molecule has 206 valence electrons. The molecule has 3 aromatic carbocycles. The van der Waals surface area contributed by atoms with Gasteiger partial charge in [0.25, 0.3) is 0 Å². The molecule has 2 aliphatic carbocycles. The number of pyridine rings is 1. The molecule has 1 spiro atoms. The molecule has 2 heterocycles. The van der Waals surface area contributed by atoms with Gasteiger partial charge in [-0.15, -0.1) is 0 Å². The number of hydrogen-bond acceptors (Lipinski definition) is 2. The van der Waals surface area contributed by atoms with Gasteiger partial charge in [0.15, 0.2) is 0 Å². The molecule has 0 aliphatic heterocycles. The second-order valence-electron chi connectivity index (χ2n) is 14.1. The largest absolute Gasteiger partial charge is 0.455 e. The van der Waals surface area contributed by atoms with Gasteiger partial charge in [0.05, 0.1) is 5.69 Å². The second-order valence-corrected chi connectivity index (χ2v) is 14.1. The lowest BCUT2D eigenvalue weighted by Crippen LogP contribution is -2.29. The minimum atomic E-state index is -0.511. The minimum Gasteiger partial charge on any atom is -0.455 e. The summed E-state index contributed by atoms with van der Waals surface area (Å²) < 4.78 is 16.4. The first-order valence-corrected chi connectivity index (χ1v) is 15.5. The smallest absolute Gasteiger partial charge is 0.144 e. The third-order valence-corrected chi connectivity index (χ3v) is 9.85. The average molecular weight is 531 g/mol. The maximum atomic E-state index is 9.59. The van der Waals surface area contributed by atoms with E-state index in [9.17, 15) is 1.37 Å². The van der Waals surface area contributed by atoms with Crippen LogP contribution < -0.4 is 0 Å². The first-order valence-electron chi connectivity index (χ1n) is 16.0. The van der Waals surface area contributed by atoms with Crippen LogP contribution in [-0.4, -0.2) is 4.98 Å². The summed E-state index contributed by atoms with van der Waals surface area (Å²) >= 11 is 0.